The van der Waals surface area contributed by atoms with E-state index in [0.717, 1.165) is 30.0 Å². The van der Waals surface area contributed by atoms with Crippen molar-refractivity contribution in [1.82, 2.24) is 10.1 Å². The smallest absolute Gasteiger partial charge is 0.144 e. The highest BCUT2D eigenvalue weighted by molar-refractivity contribution is 5.31. The number of likely N-dealkylation sites (tertiary alicyclic amines) is 1. The van der Waals surface area contributed by atoms with Crippen molar-refractivity contribution in [3.05, 3.63) is 47.3 Å². The predicted octanol–water partition coefficient (Wildman–Crippen LogP) is 2.87. The molecule has 0 bridgehead atoms. The third-order valence-electron chi connectivity index (χ3n) is 4.86. The zero-order valence-electron chi connectivity index (χ0n) is 13.3. The molecule has 2 heterocycles. The molecule has 2 aliphatic rings. The van der Waals surface area contributed by atoms with Crippen molar-refractivity contribution in [2.24, 2.45) is 0 Å². The Hall–Kier alpha value is -1.85. The quantitative estimate of drug-likeness (QED) is 0.919. The molecule has 1 aromatic heterocycles. The molecule has 2 atom stereocenters. The summed E-state index contributed by atoms with van der Waals surface area (Å²) in [6.07, 6.45) is 4.68. The van der Waals surface area contributed by atoms with Crippen LogP contribution in [0, 0.1) is 0 Å². The minimum atomic E-state index is -0.296. The van der Waals surface area contributed by atoms with E-state index < -0.39 is 0 Å². The van der Waals surface area contributed by atoms with E-state index in [1.807, 2.05) is 18.3 Å². The van der Waals surface area contributed by atoms with Gasteiger partial charge in [0.1, 0.15) is 11.5 Å². The third-order valence-corrected chi connectivity index (χ3v) is 4.86. The summed E-state index contributed by atoms with van der Waals surface area (Å²) in [7, 11) is 1.68. The van der Waals surface area contributed by atoms with Crippen molar-refractivity contribution in [1.29, 1.82) is 0 Å². The summed E-state index contributed by atoms with van der Waals surface area (Å²) in [4.78, 5) is 2.32. The maximum atomic E-state index is 10.2. The fraction of sp³-hybridized carbons (Fsp3) is 0.500. The number of β-amino-alcohol motifs (C(OH)–C–C–N with tert-alkyl or cyclic N) is 1. The third kappa shape index (κ3) is 2.99. The van der Waals surface area contributed by atoms with Crippen LogP contribution in [0.4, 0.5) is 0 Å². The van der Waals surface area contributed by atoms with Crippen molar-refractivity contribution in [3.8, 4) is 5.75 Å². The van der Waals surface area contributed by atoms with Crippen molar-refractivity contribution >= 4 is 0 Å². The molecule has 5 nitrogen and oxygen atoms in total. The van der Waals surface area contributed by atoms with E-state index in [1.165, 1.54) is 18.4 Å². The van der Waals surface area contributed by atoms with Gasteiger partial charge in [0, 0.05) is 30.6 Å². The summed E-state index contributed by atoms with van der Waals surface area (Å²) >= 11 is 0. The highest BCUT2D eigenvalue weighted by atomic mass is 16.5. The summed E-state index contributed by atoms with van der Waals surface area (Å²) in [5.74, 6) is 2.44. The number of hydrogen-bond donors (Lipinski definition) is 1. The van der Waals surface area contributed by atoms with E-state index in [-0.39, 0.29) is 12.1 Å². The molecule has 122 valence electrons. The Balaban J connectivity index is 1.57. The lowest BCUT2D eigenvalue weighted by Crippen LogP contribution is -2.24. The van der Waals surface area contributed by atoms with Gasteiger partial charge in [0.25, 0.3) is 0 Å². The first-order valence-electron chi connectivity index (χ1n) is 8.24. The molecule has 0 spiro atoms. The molecule has 4 rings (SSSR count). The Labute approximate surface area is 135 Å². The Morgan fingerprint density at radius 3 is 3.04 bits per heavy atom. The fourth-order valence-electron chi connectivity index (χ4n) is 3.54. The molecular weight excluding hydrogens is 292 g/mol. The Kier molecular flexibility index (Phi) is 3.83. The van der Waals surface area contributed by atoms with Gasteiger partial charge >= 0.3 is 0 Å². The van der Waals surface area contributed by atoms with Crippen LogP contribution in [0.1, 0.15) is 48.1 Å². The second kappa shape index (κ2) is 5.98. The van der Waals surface area contributed by atoms with Crippen molar-refractivity contribution < 1.29 is 14.4 Å². The van der Waals surface area contributed by atoms with E-state index in [4.69, 9.17) is 9.26 Å². The number of hydrogen-bond acceptors (Lipinski definition) is 5. The second-order valence-corrected chi connectivity index (χ2v) is 6.60. The molecule has 1 saturated heterocycles. The van der Waals surface area contributed by atoms with Crippen LogP contribution in [0.15, 0.2) is 35.0 Å². The Morgan fingerprint density at radius 2 is 2.26 bits per heavy atom. The number of benzene rings is 1. The van der Waals surface area contributed by atoms with Gasteiger partial charge in [0.15, 0.2) is 0 Å². The van der Waals surface area contributed by atoms with Gasteiger partial charge in [0.2, 0.25) is 0 Å². The van der Waals surface area contributed by atoms with Crippen LogP contribution >= 0.6 is 0 Å². The molecule has 2 fully saturated rings. The number of rotatable bonds is 5. The highest BCUT2D eigenvalue weighted by Gasteiger charge is 2.35. The first-order valence-corrected chi connectivity index (χ1v) is 8.24. The zero-order valence-corrected chi connectivity index (χ0v) is 13.3. The number of aliphatic hydroxyl groups excluding tert-OH is 1. The summed E-state index contributed by atoms with van der Waals surface area (Å²) < 4.78 is 10.8. The molecule has 1 N–H and O–H groups in total. The van der Waals surface area contributed by atoms with Crippen LogP contribution in [-0.2, 0) is 6.54 Å². The van der Waals surface area contributed by atoms with E-state index in [1.54, 1.807) is 7.11 Å². The van der Waals surface area contributed by atoms with Crippen LogP contribution in [0.3, 0.4) is 0 Å². The number of nitrogens with zero attached hydrogens (tertiary/aromatic N) is 2. The normalized spacial score (nSPS) is 25.0. The van der Waals surface area contributed by atoms with E-state index in [0.29, 0.717) is 12.5 Å². The van der Waals surface area contributed by atoms with Gasteiger partial charge in [-0.1, -0.05) is 17.3 Å². The maximum Gasteiger partial charge on any atom is 0.144 e. The summed E-state index contributed by atoms with van der Waals surface area (Å²) in [6, 6.07) is 8.32. The monoisotopic (exact) mass is 314 g/mol. The minimum absolute atomic E-state index is 0.196. The first-order chi connectivity index (χ1) is 11.2. The molecule has 1 aromatic carbocycles. The lowest BCUT2D eigenvalue weighted by Gasteiger charge is -2.24. The first kappa shape index (κ1) is 14.7. The van der Waals surface area contributed by atoms with E-state index in [9.17, 15) is 5.11 Å². The molecule has 5 heteroatoms. The van der Waals surface area contributed by atoms with Crippen LogP contribution in [0.5, 0.6) is 5.75 Å². The van der Waals surface area contributed by atoms with Gasteiger partial charge in [-0.25, -0.2) is 0 Å². The number of methoxy groups -OCH3 is 1. The van der Waals surface area contributed by atoms with Gasteiger partial charge in [-0.15, -0.1) is 0 Å². The number of aromatic nitrogens is 1. The van der Waals surface area contributed by atoms with Crippen molar-refractivity contribution in [3.63, 3.8) is 0 Å². The molecule has 1 aliphatic heterocycles. The van der Waals surface area contributed by atoms with Gasteiger partial charge in [-0.2, -0.15) is 0 Å². The summed E-state index contributed by atoms with van der Waals surface area (Å²) in [5.41, 5.74) is 2.35. The molecule has 1 saturated carbocycles. The highest BCUT2D eigenvalue weighted by Crippen LogP contribution is 2.43. The van der Waals surface area contributed by atoms with Gasteiger partial charge < -0.3 is 14.4 Å². The molecule has 2 aromatic rings. The largest absolute Gasteiger partial charge is 0.497 e. The number of ether oxygens (including phenoxy) is 1. The molecule has 0 unspecified atom stereocenters. The van der Waals surface area contributed by atoms with Crippen molar-refractivity contribution in [2.45, 2.75) is 43.9 Å². The van der Waals surface area contributed by atoms with Crippen molar-refractivity contribution in [2.75, 3.05) is 13.7 Å². The lowest BCUT2D eigenvalue weighted by atomic mass is 10.0. The molecule has 0 radical (unpaired) electrons. The maximum absolute atomic E-state index is 10.2. The molecular formula is C18H22N2O3. The average Bonchev–Trinajstić information content (AvgIpc) is 3.20. The predicted molar refractivity (Wildman–Crippen MR) is 85.2 cm³/mol. The van der Waals surface area contributed by atoms with Gasteiger partial charge in [0.05, 0.1) is 19.4 Å². The molecule has 23 heavy (non-hydrogen) atoms. The average molecular weight is 314 g/mol. The van der Waals surface area contributed by atoms with E-state index >= 15 is 0 Å². The fourth-order valence-corrected chi connectivity index (χ4v) is 3.54. The van der Waals surface area contributed by atoms with Gasteiger partial charge in [-0.3, -0.25) is 4.90 Å². The minimum Gasteiger partial charge on any atom is -0.497 e. The van der Waals surface area contributed by atoms with Crippen LogP contribution in [-0.4, -0.2) is 34.9 Å². The van der Waals surface area contributed by atoms with Gasteiger partial charge in [-0.05, 0) is 37.0 Å². The Morgan fingerprint density at radius 1 is 1.39 bits per heavy atom. The SMILES string of the molecule is COc1cccc([C@H]2C[C@@H](O)CN2Cc2cnoc2C2CC2)c1. The lowest BCUT2D eigenvalue weighted by molar-refractivity contribution is 0.172. The number of aliphatic hydroxyl groups is 1. The van der Waals surface area contributed by atoms with Crippen LogP contribution in [0.2, 0.25) is 0 Å². The molecule has 0 amide bonds. The summed E-state index contributed by atoms with van der Waals surface area (Å²) in [5, 5.41) is 14.2. The second-order valence-electron chi connectivity index (χ2n) is 6.60. The standard InChI is InChI=1S/C18H22N2O3/c1-22-16-4-2-3-13(7-16)17-8-15(21)11-20(17)10-14-9-19-23-18(14)12-5-6-12/h2-4,7,9,12,15,17,21H,5-6,8,10-11H2,1H3/t15-,17-/m1/s1. The zero-order chi connectivity index (χ0) is 15.8. The Bertz CT molecular complexity index is 680. The topological polar surface area (TPSA) is 58.7 Å². The molecule has 1 aliphatic carbocycles. The van der Waals surface area contributed by atoms with Crippen LogP contribution < -0.4 is 4.74 Å². The van der Waals surface area contributed by atoms with Crippen LogP contribution in [0.25, 0.3) is 0 Å². The van der Waals surface area contributed by atoms with E-state index in [2.05, 4.69) is 22.2 Å². The summed E-state index contributed by atoms with van der Waals surface area (Å²) in [6.45, 7) is 1.45.